The van der Waals surface area contributed by atoms with Crippen molar-refractivity contribution in [1.29, 1.82) is 0 Å². The number of carbonyl (C=O) groups excluding carboxylic acids is 3. The smallest absolute Gasteiger partial charge is 0.241 e. The van der Waals surface area contributed by atoms with Crippen LogP contribution in [0.4, 0.5) is 5.69 Å². The molecule has 150 valence electrons. The van der Waals surface area contributed by atoms with Gasteiger partial charge in [-0.3, -0.25) is 14.4 Å². The first-order valence-electron chi connectivity index (χ1n) is 10.5. The maximum atomic E-state index is 13.8. The maximum Gasteiger partial charge on any atom is 0.241 e. The minimum Gasteiger partial charge on any atom is -0.362 e. The van der Waals surface area contributed by atoms with Gasteiger partial charge in [-0.25, -0.2) is 4.90 Å². The lowest BCUT2D eigenvalue weighted by Crippen LogP contribution is -2.48. The highest BCUT2D eigenvalue weighted by atomic mass is 16.5. The second kappa shape index (κ2) is 5.76. The molecule has 3 heterocycles. The van der Waals surface area contributed by atoms with Gasteiger partial charge in [0, 0.05) is 5.56 Å². The average molecular weight is 399 g/mol. The molecule has 0 spiro atoms. The van der Waals surface area contributed by atoms with Crippen LogP contribution in [0.1, 0.15) is 42.1 Å². The van der Waals surface area contributed by atoms with Crippen LogP contribution in [0.15, 0.2) is 60.7 Å². The number of fused-ring (bicyclic) bond motifs is 6. The quantitative estimate of drug-likeness (QED) is 0.721. The van der Waals surface area contributed by atoms with E-state index in [1.807, 2.05) is 49.4 Å². The number of amides is 2. The third-order valence-corrected chi connectivity index (χ3v) is 7.33. The van der Waals surface area contributed by atoms with E-state index in [9.17, 15) is 14.4 Å². The first-order valence-corrected chi connectivity index (χ1v) is 10.5. The van der Waals surface area contributed by atoms with E-state index in [1.165, 1.54) is 4.90 Å². The summed E-state index contributed by atoms with van der Waals surface area (Å²) in [6.45, 7) is 1.95. The molecular weight excluding hydrogens is 378 g/mol. The van der Waals surface area contributed by atoms with Gasteiger partial charge in [0.2, 0.25) is 11.8 Å². The van der Waals surface area contributed by atoms with Crippen LogP contribution < -0.4 is 4.90 Å². The number of ketones is 1. The van der Waals surface area contributed by atoms with Crippen molar-refractivity contribution < 1.29 is 19.1 Å². The van der Waals surface area contributed by atoms with Gasteiger partial charge in [0.1, 0.15) is 5.60 Å². The average Bonchev–Trinajstić information content (AvgIpc) is 3.29. The second-order valence-corrected chi connectivity index (χ2v) is 8.93. The Bertz CT molecular complexity index is 1150. The first kappa shape index (κ1) is 17.8. The lowest BCUT2D eigenvalue weighted by Gasteiger charge is -2.42. The molecule has 5 nitrogen and oxygen atoms in total. The number of para-hydroxylation sites is 1. The third-order valence-electron chi connectivity index (χ3n) is 7.33. The summed E-state index contributed by atoms with van der Waals surface area (Å²) in [5.41, 5.74) is 1.15. The van der Waals surface area contributed by atoms with Crippen molar-refractivity contribution in [3.63, 3.8) is 0 Å². The number of benzene rings is 2. The highest BCUT2D eigenvalue weighted by molar-refractivity contribution is 6.25. The SMILES string of the molecule is CC12CCCC(C3=CC(=O)c4ccccc43)(O1)C1C(=O)N(c3ccccc3)C(=O)C12. The van der Waals surface area contributed by atoms with Crippen LogP contribution in [0.25, 0.3) is 5.57 Å². The van der Waals surface area contributed by atoms with E-state index < -0.39 is 23.0 Å². The lowest BCUT2D eigenvalue weighted by atomic mass is 9.73. The predicted octanol–water partition coefficient (Wildman–Crippen LogP) is 3.78. The molecule has 30 heavy (non-hydrogen) atoms. The molecule has 4 unspecified atom stereocenters. The lowest BCUT2D eigenvalue weighted by molar-refractivity contribution is -0.142. The number of hydrogen-bond acceptors (Lipinski definition) is 4. The molecule has 0 N–H and O–H groups in total. The van der Waals surface area contributed by atoms with E-state index in [4.69, 9.17) is 4.74 Å². The molecule has 2 amide bonds. The molecule has 2 bridgehead atoms. The number of carbonyl (C=O) groups is 3. The van der Waals surface area contributed by atoms with E-state index >= 15 is 0 Å². The Balaban J connectivity index is 1.54. The predicted molar refractivity (Wildman–Crippen MR) is 111 cm³/mol. The Hall–Kier alpha value is -3.05. The molecule has 4 atom stereocenters. The number of nitrogens with zero attached hydrogens (tertiary/aromatic N) is 1. The van der Waals surface area contributed by atoms with E-state index in [-0.39, 0.29) is 17.6 Å². The summed E-state index contributed by atoms with van der Waals surface area (Å²) in [5.74, 6) is -1.65. The molecule has 4 aliphatic rings. The van der Waals surface area contributed by atoms with E-state index in [1.54, 1.807) is 18.2 Å². The van der Waals surface area contributed by atoms with Crippen LogP contribution in [-0.2, 0) is 14.3 Å². The topological polar surface area (TPSA) is 63.7 Å². The fourth-order valence-corrected chi connectivity index (χ4v) is 6.17. The van der Waals surface area contributed by atoms with Crippen molar-refractivity contribution >= 4 is 28.9 Å². The Morgan fingerprint density at radius 3 is 2.30 bits per heavy atom. The van der Waals surface area contributed by atoms with Crippen LogP contribution >= 0.6 is 0 Å². The fourth-order valence-electron chi connectivity index (χ4n) is 6.17. The van der Waals surface area contributed by atoms with E-state index in [0.29, 0.717) is 17.7 Å². The molecule has 2 aromatic carbocycles. The molecule has 2 aromatic rings. The van der Waals surface area contributed by atoms with Crippen molar-refractivity contribution in [2.45, 2.75) is 37.4 Å². The number of rotatable bonds is 2. The third kappa shape index (κ3) is 2.03. The van der Waals surface area contributed by atoms with Crippen LogP contribution in [0, 0.1) is 11.8 Å². The molecule has 5 heteroatoms. The van der Waals surface area contributed by atoms with Crippen molar-refractivity contribution in [2.24, 2.45) is 11.8 Å². The normalized spacial score (nSPS) is 34.2. The second-order valence-electron chi connectivity index (χ2n) is 8.93. The largest absolute Gasteiger partial charge is 0.362 e. The Morgan fingerprint density at radius 1 is 0.867 bits per heavy atom. The zero-order chi connectivity index (χ0) is 20.7. The maximum absolute atomic E-state index is 13.8. The zero-order valence-electron chi connectivity index (χ0n) is 16.6. The molecule has 0 aromatic heterocycles. The number of allylic oxidation sites excluding steroid dienone is 1. The summed E-state index contributed by atoms with van der Waals surface area (Å²) in [4.78, 5) is 41.3. The first-order chi connectivity index (χ1) is 14.5. The summed E-state index contributed by atoms with van der Waals surface area (Å²) in [6.07, 6.45) is 3.82. The van der Waals surface area contributed by atoms with Gasteiger partial charge in [0.15, 0.2) is 5.78 Å². The van der Waals surface area contributed by atoms with Crippen molar-refractivity contribution in [3.05, 3.63) is 71.8 Å². The highest BCUT2D eigenvalue weighted by Gasteiger charge is 2.73. The molecule has 3 aliphatic heterocycles. The Kier molecular flexibility index (Phi) is 3.41. The summed E-state index contributed by atoms with van der Waals surface area (Å²) < 4.78 is 6.66. The van der Waals surface area contributed by atoms with Gasteiger partial charge >= 0.3 is 0 Å². The Morgan fingerprint density at radius 2 is 1.53 bits per heavy atom. The van der Waals surface area contributed by atoms with Crippen molar-refractivity contribution in [3.8, 4) is 0 Å². The van der Waals surface area contributed by atoms with Gasteiger partial charge in [-0.15, -0.1) is 0 Å². The number of hydrogen-bond donors (Lipinski definition) is 0. The molecule has 0 radical (unpaired) electrons. The molecule has 0 saturated carbocycles. The van der Waals surface area contributed by atoms with Gasteiger partial charge in [-0.1, -0.05) is 42.5 Å². The molecular formula is C25H21NO4. The minimum absolute atomic E-state index is 0.0639. The highest BCUT2D eigenvalue weighted by Crippen LogP contribution is 2.63. The summed E-state index contributed by atoms with van der Waals surface area (Å²) in [6, 6.07) is 16.6. The van der Waals surface area contributed by atoms with Crippen LogP contribution in [0.3, 0.4) is 0 Å². The van der Waals surface area contributed by atoms with Crippen molar-refractivity contribution in [2.75, 3.05) is 4.90 Å². The summed E-state index contributed by atoms with van der Waals surface area (Å²) in [7, 11) is 0. The molecule has 3 saturated heterocycles. The minimum atomic E-state index is -0.948. The molecule has 3 fully saturated rings. The molecule has 6 rings (SSSR count). The van der Waals surface area contributed by atoms with Crippen LogP contribution in [-0.4, -0.2) is 28.8 Å². The van der Waals surface area contributed by atoms with Gasteiger partial charge < -0.3 is 4.74 Å². The monoisotopic (exact) mass is 399 g/mol. The van der Waals surface area contributed by atoms with Gasteiger partial charge in [-0.2, -0.15) is 0 Å². The van der Waals surface area contributed by atoms with E-state index in [0.717, 1.165) is 24.0 Å². The van der Waals surface area contributed by atoms with Gasteiger partial charge in [0.25, 0.3) is 0 Å². The van der Waals surface area contributed by atoms with E-state index in [2.05, 4.69) is 0 Å². The van der Waals surface area contributed by atoms with Crippen LogP contribution in [0.5, 0.6) is 0 Å². The van der Waals surface area contributed by atoms with Crippen LogP contribution in [0.2, 0.25) is 0 Å². The summed E-state index contributed by atoms with van der Waals surface area (Å²) >= 11 is 0. The Labute approximate surface area is 174 Å². The standard InChI is InChI=1S/C25H21NO4/c1-24-12-7-13-25(30-24,18-14-19(27)17-11-6-5-10-16(17)18)21-20(24)22(28)26(23(21)29)15-8-3-2-4-9-15/h2-6,8-11,14,20-21H,7,12-13H2,1H3. The van der Waals surface area contributed by atoms with Gasteiger partial charge in [-0.05, 0) is 55.5 Å². The van der Waals surface area contributed by atoms with Gasteiger partial charge in [0.05, 0.1) is 23.1 Å². The number of imide groups is 1. The fraction of sp³-hybridized carbons (Fsp3) is 0.320. The zero-order valence-corrected chi connectivity index (χ0v) is 16.6. The summed E-state index contributed by atoms with van der Waals surface area (Å²) in [5, 5.41) is 0. The van der Waals surface area contributed by atoms with Crippen molar-refractivity contribution in [1.82, 2.24) is 0 Å². The number of ether oxygens (including phenoxy) is 1. The number of anilines is 1. The molecule has 1 aliphatic carbocycles.